The minimum Gasteiger partial charge on any atom is -0.337 e. The molecule has 1 saturated heterocycles. The number of rotatable bonds is 12. The summed E-state index contributed by atoms with van der Waals surface area (Å²) in [6, 6.07) is 0. The SMILES string of the molecule is CCN1CCCCC1NC(=O)/C=C(C)/C=C/C=C(C)/C=C/CC(C)CCCC(C)C. The molecule has 2 atom stereocenters. The van der Waals surface area contributed by atoms with Gasteiger partial charge in [-0.15, -0.1) is 0 Å². The molecule has 1 amide bonds. The van der Waals surface area contributed by atoms with E-state index >= 15 is 0 Å². The molecule has 1 fully saturated rings. The van der Waals surface area contributed by atoms with Crippen LogP contribution in [0.25, 0.3) is 0 Å². The van der Waals surface area contributed by atoms with Crippen molar-refractivity contribution in [2.45, 2.75) is 92.7 Å². The van der Waals surface area contributed by atoms with Crippen LogP contribution in [-0.2, 0) is 4.79 Å². The van der Waals surface area contributed by atoms with E-state index < -0.39 is 0 Å². The van der Waals surface area contributed by atoms with Crippen molar-refractivity contribution in [2.24, 2.45) is 11.8 Å². The molecule has 0 bridgehead atoms. The lowest BCUT2D eigenvalue weighted by atomic mass is 9.97. The highest BCUT2D eigenvalue weighted by molar-refractivity contribution is 5.88. The molecule has 0 radical (unpaired) electrons. The maximum absolute atomic E-state index is 12.3. The molecule has 30 heavy (non-hydrogen) atoms. The summed E-state index contributed by atoms with van der Waals surface area (Å²) in [7, 11) is 0. The largest absolute Gasteiger partial charge is 0.337 e. The average molecular weight is 415 g/mol. The number of allylic oxidation sites excluding steroid dienone is 7. The van der Waals surface area contributed by atoms with Crippen LogP contribution in [0.2, 0.25) is 0 Å². The van der Waals surface area contributed by atoms with E-state index in [0.717, 1.165) is 43.3 Å². The van der Waals surface area contributed by atoms with E-state index in [9.17, 15) is 4.79 Å². The van der Waals surface area contributed by atoms with E-state index in [1.807, 2.05) is 19.1 Å². The minimum atomic E-state index is 0.00884. The second-order valence-electron chi connectivity index (χ2n) is 9.37. The summed E-state index contributed by atoms with van der Waals surface area (Å²) in [5.41, 5.74) is 2.21. The number of piperidine rings is 1. The Labute approximate surface area is 186 Å². The van der Waals surface area contributed by atoms with Crippen LogP contribution in [0.5, 0.6) is 0 Å². The highest BCUT2D eigenvalue weighted by atomic mass is 16.1. The van der Waals surface area contributed by atoms with Gasteiger partial charge in [-0.25, -0.2) is 0 Å². The number of amides is 1. The topological polar surface area (TPSA) is 32.3 Å². The zero-order valence-corrected chi connectivity index (χ0v) is 20.4. The molecule has 3 nitrogen and oxygen atoms in total. The molecule has 1 aliphatic heterocycles. The highest BCUT2D eigenvalue weighted by Gasteiger charge is 2.21. The lowest BCUT2D eigenvalue weighted by Gasteiger charge is -2.34. The normalized spacial score (nSPS) is 20.4. The van der Waals surface area contributed by atoms with Gasteiger partial charge in [-0.05, 0) is 63.5 Å². The van der Waals surface area contributed by atoms with Crippen molar-refractivity contribution in [2.75, 3.05) is 13.1 Å². The van der Waals surface area contributed by atoms with Crippen LogP contribution >= 0.6 is 0 Å². The predicted octanol–water partition coefficient (Wildman–Crippen LogP) is 6.79. The van der Waals surface area contributed by atoms with Crippen LogP contribution in [0.3, 0.4) is 0 Å². The fraction of sp³-hybridized carbons (Fsp3) is 0.667. The number of nitrogens with zero attached hydrogens (tertiary/aromatic N) is 1. The summed E-state index contributed by atoms with van der Waals surface area (Å²) in [6.07, 6.45) is 21.1. The van der Waals surface area contributed by atoms with E-state index in [-0.39, 0.29) is 12.1 Å². The number of nitrogens with one attached hydrogen (secondary N) is 1. The van der Waals surface area contributed by atoms with E-state index in [0.29, 0.717) is 0 Å². The molecule has 170 valence electrons. The van der Waals surface area contributed by atoms with Crippen molar-refractivity contribution < 1.29 is 4.79 Å². The third-order valence-electron chi connectivity index (χ3n) is 5.80. The van der Waals surface area contributed by atoms with Gasteiger partial charge in [-0.2, -0.15) is 0 Å². The summed E-state index contributed by atoms with van der Waals surface area (Å²) < 4.78 is 0. The molecule has 0 aliphatic carbocycles. The Kier molecular flexibility index (Phi) is 13.4. The molecule has 1 rings (SSSR count). The van der Waals surface area contributed by atoms with Crippen LogP contribution in [-0.4, -0.2) is 30.1 Å². The maximum atomic E-state index is 12.3. The number of hydrogen-bond acceptors (Lipinski definition) is 2. The summed E-state index contributed by atoms with van der Waals surface area (Å²) in [5, 5.41) is 3.16. The quantitative estimate of drug-likeness (QED) is 0.281. The van der Waals surface area contributed by atoms with Crippen molar-refractivity contribution in [1.29, 1.82) is 0 Å². The van der Waals surface area contributed by atoms with Gasteiger partial charge in [0, 0.05) is 12.6 Å². The molecule has 1 aliphatic rings. The first-order valence-corrected chi connectivity index (χ1v) is 12.1. The zero-order valence-electron chi connectivity index (χ0n) is 20.4. The molecular weight excluding hydrogens is 368 g/mol. The fourth-order valence-electron chi connectivity index (χ4n) is 3.88. The van der Waals surface area contributed by atoms with Crippen molar-refractivity contribution in [1.82, 2.24) is 10.2 Å². The molecule has 0 spiro atoms. The van der Waals surface area contributed by atoms with Crippen molar-refractivity contribution >= 4 is 5.91 Å². The van der Waals surface area contributed by atoms with E-state index in [4.69, 9.17) is 0 Å². The summed E-state index contributed by atoms with van der Waals surface area (Å²) in [5.74, 6) is 1.57. The Balaban J connectivity index is 2.40. The second kappa shape index (κ2) is 15.2. The van der Waals surface area contributed by atoms with Gasteiger partial charge >= 0.3 is 0 Å². The van der Waals surface area contributed by atoms with Gasteiger partial charge in [-0.1, -0.05) is 82.9 Å². The maximum Gasteiger partial charge on any atom is 0.245 e. The monoisotopic (exact) mass is 414 g/mol. The number of hydrogen-bond donors (Lipinski definition) is 1. The van der Waals surface area contributed by atoms with Gasteiger partial charge in [0.1, 0.15) is 0 Å². The lowest BCUT2D eigenvalue weighted by molar-refractivity contribution is -0.118. The van der Waals surface area contributed by atoms with Crippen LogP contribution < -0.4 is 5.32 Å². The third kappa shape index (κ3) is 12.2. The van der Waals surface area contributed by atoms with E-state index in [1.54, 1.807) is 6.08 Å². The smallest absolute Gasteiger partial charge is 0.245 e. The fourth-order valence-corrected chi connectivity index (χ4v) is 3.88. The first kappa shape index (κ1) is 26.4. The number of carbonyl (C=O) groups is 1. The first-order valence-electron chi connectivity index (χ1n) is 12.1. The van der Waals surface area contributed by atoms with Gasteiger partial charge < -0.3 is 5.32 Å². The van der Waals surface area contributed by atoms with Crippen molar-refractivity contribution in [3.05, 3.63) is 47.6 Å². The zero-order chi connectivity index (χ0) is 22.4. The van der Waals surface area contributed by atoms with Crippen LogP contribution in [0, 0.1) is 11.8 Å². The summed E-state index contributed by atoms with van der Waals surface area (Å²) >= 11 is 0. The molecule has 0 aromatic heterocycles. The van der Waals surface area contributed by atoms with Crippen molar-refractivity contribution in [3.63, 3.8) is 0 Å². The standard InChI is InChI=1S/C27H46N2O/c1-7-29-20-9-8-19-26(29)28-27(30)21-25(6)18-12-17-24(5)16-11-15-23(4)14-10-13-22(2)3/h11-12,16-18,21-23,26H,7-10,13-15,19-20H2,1-6H3,(H,28,30)/b16-11+,18-12+,24-17+,25-21+. The molecular formula is C27H46N2O. The third-order valence-corrected chi connectivity index (χ3v) is 5.80. The number of likely N-dealkylation sites (tertiary alicyclic amines) is 1. The molecule has 1 N–H and O–H groups in total. The summed E-state index contributed by atoms with van der Waals surface area (Å²) in [6.45, 7) is 15.3. The summed E-state index contributed by atoms with van der Waals surface area (Å²) in [4.78, 5) is 14.7. The van der Waals surface area contributed by atoms with Crippen LogP contribution in [0.1, 0.15) is 86.5 Å². The van der Waals surface area contributed by atoms with Crippen LogP contribution in [0.4, 0.5) is 0 Å². The van der Waals surface area contributed by atoms with E-state index in [2.05, 4.69) is 63.1 Å². The number of carbonyl (C=O) groups excluding carboxylic acids is 1. The van der Waals surface area contributed by atoms with Gasteiger partial charge in [-0.3, -0.25) is 9.69 Å². The molecule has 0 aromatic rings. The van der Waals surface area contributed by atoms with Crippen molar-refractivity contribution in [3.8, 4) is 0 Å². The Hall–Kier alpha value is -1.61. The average Bonchev–Trinajstić information content (AvgIpc) is 2.68. The second-order valence-corrected chi connectivity index (χ2v) is 9.37. The minimum absolute atomic E-state index is 0.00884. The molecule has 0 aromatic carbocycles. The van der Waals surface area contributed by atoms with E-state index in [1.165, 1.54) is 37.7 Å². The molecule has 0 saturated carbocycles. The Bertz CT molecular complexity index is 612. The van der Waals surface area contributed by atoms with Gasteiger partial charge in [0.2, 0.25) is 5.91 Å². The Morgan fingerprint density at radius 2 is 1.87 bits per heavy atom. The Morgan fingerprint density at radius 3 is 2.57 bits per heavy atom. The molecule has 3 heteroatoms. The predicted molar refractivity (Wildman–Crippen MR) is 131 cm³/mol. The lowest BCUT2D eigenvalue weighted by Crippen LogP contribution is -2.50. The van der Waals surface area contributed by atoms with Gasteiger partial charge in [0.05, 0.1) is 6.17 Å². The van der Waals surface area contributed by atoms with Gasteiger partial charge in [0.15, 0.2) is 0 Å². The highest BCUT2D eigenvalue weighted by Crippen LogP contribution is 2.16. The Morgan fingerprint density at radius 1 is 1.10 bits per heavy atom. The molecule has 2 unspecified atom stereocenters. The molecule has 1 heterocycles. The van der Waals surface area contributed by atoms with Gasteiger partial charge in [0.25, 0.3) is 0 Å². The first-order chi connectivity index (χ1) is 14.3. The van der Waals surface area contributed by atoms with Crippen LogP contribution in [0.15, 0.2) is 47.6 Å².